The first kappa shape index (κ1) is 17.5. The molecule has 0 radical (unpaired) electrons. The fraction of sp³-hybridized carbons (Fsp3) is 0.500. The monoisotopic (exact) mass is 356 g/mol. The van der Waals surface area contributed by atoms with E-state index in [2.05, 4.69) is 5.32 Å². The Kier molecular flexibility index (Phi) is 6.88. The molecule has 0 bridgehead atoms. The second-order valence-corrected chi connectivity index (χ2v) is 7.32. The van der Waals surface area contributed by atoms with E-state index >= 15 is 0 Å². The number of nitriles is 1. The summed E-state index contributed by atoms with van der Waals surface area (Å²) in [6.07, 6.45) is 4.20. The van der Waals surface area contributed by atoms with E-state index < -0.39 is 0 Å². The molecular formula is C16H18Cl2N2OS. The number of rotatable bonds is 5. The van der Waals surface area contributed by atoms with E-state index in [0.29, 0.717) is 16.0 Å². The number of benzene rings is 1. The molecule has 6 heteroatoms. The average Bonchev–Trinajstić information content (AvgIpc) is 2.54. The van der Waals surface area contributed by atoms with Gasteiger partial charge in [0, 0.05) is 16.6 Å². The summed E-state index contributed by atoms with van der Waals surface area (Å²) >= 11 is 13.7. The third kappa shape index (κ3) is 4.81. The van der Waals surface area contributed by atoms with Gasteiger partial charge in [-0.1, -0.05) is 36.0 Å². The lowest BCUT2D eigenvalue weighted by Crippen LogP contribution is -2.37. The Morgan fingerprint density at radius 2 is 2.09 bits per heavy atom. The van der Waals surface area contributed by atoms with Gasteiger partial charge < -0.3 is 5.32 Å². The summed E-state index contributed by atoms with van der Waals surface area (Å²) in [6, 6.07) is 7.57. The summed E-state index contributed by atoms with van der Waals surface area (Å²) in [6.45, 7) is 0.0853. The minimum atomic E-state index is 0.0115. The van der Waals surface area contributed by atoms with Crippen LogP contribution in [0.25, 0.3) is 0 Å². The first-order valence-electron chi connectivity index (χ1n) is 7.34. The zero-order valence-electron chi connectivity index (χ0n) is 12.1. The molecule has 0 aliphatic heterocycles. The minimum Gasteiger partial charge on any atom is -0.343 e. The maximum Gasteiger partial charge on any atom is 0.224 e. The Bertz CT molecular complexity index is 574. The van der Waals surface area contributed by atoms with Crippen LogP contribution in [0, 0.1) is 23.2 Å². The van der Waals surface area contributed by atoms with Crippen molar-refractivity contribution in [2.24, 2.45) is 11.8 Å². The zero-order chi connectivity index (χ0) is 15.9. The minimum absolute atomic E-state index is 0.0115. The quantitative estimate of drug-likeness (QED) is 0.622. The highest BCUT2D eigenvalue weighted by Crippen LogP contribution is 2.36. The van der Waals surface area contributed by atoms with Crippen molar-refractivity contribution in [3.05, 3.63) is 28.2 Å². The van der Waals surface area contributed by atoms with Gasteiger partial charge in [0.1, 0.15) is 6.54 Å². The highest BCUT2D eigenvalue weighted by molar-refractivity contribution is 7.99. The van der Waals surface area contributed by atoms with Crippen LogP contribution in [0.4, 0.5) is 0 Å². The normalized spacial score (nSPS) is 21.1. The van der Waals surface area contributed by atoms with Crippen molar-refractivity contribution in [3.8, 4) is 6.07 Å². The molecule has 1 amide bonds. The molecule has 22 heavy (non-hydrogen) atoms. The Hall–Kier alpha value is -0.890. The lowest BCUT2D eigenvalue weighted by atomic mass is 9.80. The molecule has 0 heterocycles. The average molecular weight is 357 g/mol. The highest BCUT2D eigenvalue weighted by atomic mass is 35.5. The standard InChI is InChI=1S/C16H18Cl2N2OS/c17-14-6-5-12(9-15(14)18)22-10-11-3-1-2-4-13(11)16(21)20-8-7-19/h5-6,9,11,13H,1-4,8,10H2,(H,20,21). The molecule has 3 nitrogen and oxygen atoms in total. The molecule has 0 saturated heterocycles. The van der Waals surface area contributed by atoms with Gasteiger partial charge in [-0.15, -0.1) is 11.8 Å². The van der Waals surface area contributed by atoms with Gasteiger partial charge in [-0.05, 0) is 37.0 Å². The lowest BCUT2D eigenvalue weighted by Gasteiger charge is -2.30. The first-order chi connectivity index (χ1) is 10.6. The summed E-state index contributed by atoms with van der Waals surface area (Å²) in [5, 5.41) is 12.4. The van der Waals surface area contributed by atoms with Gasteiger partial charge in [0.15, 0.2) is 0 Å². The smallest absolute Gasteiger partial charge is 0.224 e. The maximum absolute atomic E-state index is 12.2. The van der Waals surface area contributed by atoms with Gasteiger partial charge in [-0.2, -0.15) is 5.26 Å². The first-order valence-corrected chi connectivity index (χ1v) is 9.08. The van der Waals surface area contributed by atoms with Crippen molar-refractivity contribution in [2.45, 2.75) is 30.6 Å². The van der Waals surface area contributed by atoms with Gasteiger partial charge in [0.25, 0.3) is 0 Å². The molecule has 1 aromatic rings. The molecule has 0 aromatic heterocycles. The Morgan fingerprint density at radius 3 is 2.82 bits per heavy atom. The summed E-state index contributed by atoms with van der Waals surface area (Å²) in [5.41, 5.74) is 0. The van der Waals surface area contributed by atoms with Crippen molar-refractivity contribution in [1.29, 1.82) is 5.26 Å². The number of nitrogens with zero attached hydrogens (tertiary/aromatic N) is 1. The molecular weight excluding hydrogens is 339 g/mol. The highest BCUT2D eigenvalue weighted by Gasteiger charge is 2.30. The van der Waals surface area contributed by atoms with Crippen molar-refractivity contribution in [2.75, 3.05) is 12.3 Å². The number of thioether (sulfide) groups is 1. The second-order valence-electron chi connectivity index (χ2n) is 5.41. The molecule has 2 rings (SSSR count). The summed E-state index contributed by atoms with van der Waals surface area (Å²) < 4.78 is 0. The predicted octanol–water partition coefficient (Wildman–Crippen LogP) is 4.53. The Labute approximate surface area is 145 Å². The van der Waals surface area contributed by atoms with Crippen molar-refractivity contribution < 1.29 is 4.79 Å². The molecule has 0 spiro atoms. The zero-order valence-corrected chi connectivity index (χ0v) is 14.5. The fourth-order valence-corrected chi connectivity index (χ4v) is 4.31. The van der Waals surface area contributed by atoms with Crippen LogP contribution < -0.4 is 5.32 Å². The lowest BCUT2D eigenvalue weighted by molar-refractivity contribution is -0.127. The van der Waals surface area contributed by atoms with E-state index in [1.807, 2.05) is 18.2 Å². The van der Waals surface area contributed by atoms with E-state index in [9.17, 15) is 4.79 Å². The van der Waals surface area contributed by atoms with Gasteiger partial charge in [0.05, 0.1) is 16.1 Å². The van der Waals surface area contributed by atoms with Gasteiger partial charge in [-0.25, -0.2) is 0 Å². The molecule has 1 aromatic carbocycles. The maximum atomic E-state index is 12.2. The van der Waals surface area contributed by atoms with Gasteiger partial charge >= 0.3 is 0 Å². The fourth-order valence-electron chi connectivity index (χ4n) is 2.78. The summed E-state index contributed by atoms with van der Waals surface area (Å²) in [4.78, 5) is 13.2. The van der Waals surface area contributed by atoms with Gasteiger partial charge in [0.2, 0.25) is 5.91 Å². The predicted molar refractivity (Wildman–Crippen MR) is 91.3 cm³/mol. The van der Waals surface area contributed by atoms with Crippen LogP contribution in [0.3, 0.4) is 0 Å². The molecule has 2 unspecified atom stereocenters. The molecule has 2 atom stereocenters. The third-order valence-electron chi connectivity index (χ3n) is 3.94. The van der Waals surface area contributed by atoms with Crippen molar-refractivity contribution in [1.82, 2.24) is 5.32 Å². The number of amides is 1. The summed E-state index contributed by atoms with van der Waals surface area (Å²) in [7, 11) is 0. The van der Waals surface area contributed by atoms with E-state index in [-0.39, 0.29) is 18.4 Å². The van der Waals surface area contributed by atoms with E-state index in [1.54, 1.807) is 17.8 Å². The molecule has 1 aliphatic carbocycles. The topological polar surface area (TPSA) is 52.9 Å². The van der Waals surface area contributed by atoms with Crippen LogP contribution in [0.2, 0.25) is 10.0 Å². The number of carbonyl (C=O) groups excluding carboxylic acids is 1. The third-order valence-corrected chi connectivity index (χ3v) is 5.86. The number of nitrogens with one attached hydrogen (secondary N) is 1. The Balaban J connectivity index is 1.95. The SMILES string of the molecule is N#CCNC(=O)C1CCCCC1CSc1ccc(Cl)c(Cl)c1. The van der Waals surface area contributed by atoms with Crippen LogP contribution in [-0.2, 0) is 4.79 Å². The molecule has 1 N–H and O–H groups in total. The van der Waals surface area contributed by atoms with Crippen LogP contribution in [-0.4, -0.2) is 18.2 Å². The van der Waals surface area contributed by atoms with Crippen LogP contribution in [0.5, 0.6) is 0 Å². The van der Waals surface area contributed by atoms with E-state index in [4.69, 9.17) is 28.5 Å². The number of carbonyl (C=O) groups is 1. The van der Waals surface area contributed by atoms with Crippen molar-refractivity contribution in [3.63, 3.8) is 0 Å². The van der Waals surface area contributed by atoms with E-state index in [0.717, 1.165) is 36.3 Å². The van der Waals surface area contributed by atoms with Crippen molar-refractivity contribution >= 4 is 40.9 Å². The summed E-state index contributed by atoms with van der Waals surface area (Å²) in [5.74, 6) is 1.24. The molecule has 1 aliphatic rings. The Morgan fingerprint density at radius 1 is 1.32 bits per heavy atom. The number of hydrogen-bond donors (Lipinski definition) is 1. The molecule has 1 fully saturated rings. The number of hydrogen-bond acceptors (Lipinski definition) is 3. The molecule has 118 valence electrons. The van der Waals surface area contributed by atoms with Crippen LogP contribution >= 0.6 is 35.0 Å². The van der Waals surface area contributed by atoms with Crippen LogP contribution in [0.15, 0.2) is 23.1 Å². The second kappa shape index (κ2) is 8.67. The van der Waals surface area contributed by atoms with E-state index in [1.165, 1.54) is 0 Å². The van der Waals surface area contributed by atoms with Gasteiger partial charge in [-0.3, -0.25) is 4.79 Å². The van der Waals surface area contributed by atoms with Crippen LogP contribution in [0.1, 0.15) is 25.7 Å². The molecule has 1 saturated carbocycles. The largest absolute Gasteiger partial charge is 0.343 e. The number of halogens is 2.